The van der Waals surface area contributed by atoms with E-state index in [0.29, 0.717) is 16.8 Å². The van der Waals surface area contributed by atoms with Crippen LogP contribution in [0.5, 0.6) is 0 Å². The molecule has 4 nitrogen and oxygen atoms in total. The molecule has 1 aliphatic heterocycles. The van der Waals surface area contributed by atoms with Gasteiger partial charge in [-0.15, -0.1) is 0 Å². The fraction of sp³-hybridized carbons (Fsp3) is 0.368. The normalized spacial score (nSPS) is 17.6. The third-order valence-electron chi connectivity index (χ3n) is 4.49. The molecule has 24 heavy (non-hydrogen) atoms. The zero-order valence-electron chi connectivity index (χ0n) is 13.8. The summed E-state index contributed by atoms with van der Waals surface area (Å²) in [6, 6.07) is 11.5. The molecule has 3 rings (SSSR count). The van der Waals surface area contributed by atoms with Crippen molar-refractivity contribution in [3.63, 3.8) is 0 Å². The maximum absolute atomic E-state index is 12.7. The number of rotatable bonds is 4. The minimum Gasteiger partial charge on any atom is -0.353 e. The Morgan fingerprint density at radius 1 is 1.29 bits per heavy atom. The first-order chi connectivity index (χ1) is 11.7. The number of halogens is 1. The summed E-state index contributed by atoms with van der Waals surface area (Å²) < 4.78 is 0. The van der Waals surface area contributed by atoms with Crippen LogP contribution < -0.4 is 5.32 Å². The molecule has 1 aromatic carbocycles. The van der Waals surface area contributed by atoms with Gasteiger partial charge in [0.05, 0.1) is 22.6 Å². The molecule has 1 aromatic heterocycles. The van der Waals surface area contributed by atoms with Crippen LogP contribution >= 0.6 is 11.6 Å². The number of piperidine rings is 1. The molecule has 5 heteroatoms. The highest BCUT2D eigenvalue weighted by atomic mass is 35.5. The number of amides is 1. The van der Waals surface area contributed by atoms with E-state index >= 15 is 0 Å². The van der Waals surface area contributed by atoms with E-state index in [1.165, 1.54) is 6.42 Å². The quantitative estimate of drug-likeness (QED) is 0.860. The SMILES string of the molecule is CCC1CCCCN1C(=O)c1ccc(Nc2ccccc2Cl)cn1. The molecule has 1 aliphatic rings. The van der Waals surface area contributed by atoms with E-state index in [9.17, 15) is 4.79 Å². The molecule has 1 fully saturated rings. The van der Waals surface area contributed by atoms with Gasteiger partial charge in [-0.3, -0.25) is 4.79 Å². The van der Waals surface area contributed by atoms with Crippen LogP contribution in [0.1, 0.15) is 43.1 Å². The van der Waals surface area contributed by atoms with E-state index in [1.54, 1.807) is 12.3 Å². The van der Waals surface area contributed by atoms with Gasteiger partial charge < -0.3 is 10.2 Å². The Morgan fingerprint density at radius 2 is 2.12 bits per heavy atom. The molecule has 126 valence electrons. The number of hydrogen-bond acceptors (Lipinski definition) is 3. The third kappa shape index (κ3) is 3.70. The van der Waals surface area contributed by atoms with Gasteiger partial charge in [-0.05, 0) is 49.9 Å². The predicted octanol–water partition coefficient (Wildman–Crippen LogP) is 4.88. The lowest BCUT2D eigenvalue weighted by molar-refractivity contribution is 0.0602. The number of anilines is 2. The molecular formula is C19H22ClN3O. The van der Waals surface area contributed by atoms with E-state index in [4.69, 9.17) is 11.6 Å². The van der Waals surface area contributed by atoms with Crippen LogP contribution in [0.25, 0.3) is 0 Å². The van der Waals surface area contributed by atoms with E-state index in [-0.39, 0.29) is 5.91 Å². The summed E-state index contributed by atoms with van der Waals surface area (Å²) in [6.45, 7) is 2.97. The number of para-hydroxylation sites is 1. The fourth-order valence-corrected chi connectivity index (χ4v) is 3.33. The van der Waals surface area contributed by atoms with Crippen LogP contribution in [0.4, 0.5) is 11.4 Å². The maximum Gasteiger partial charge on any atom is 0.272 e. The Hall–Kier alpha value is -2.07. The zero-order valence-corrected chi connectivity index (χ0v) is 14.6. The number of nitrogens with one attached hydrogen (secondary N) is 1. The number of aromatic nitrogens is 1. The molecule has 0 saturated carbocycles. The molecule has 1 saturated heterocycles. The third-order valence-corrected chi connectivity index (χ3v) is 4.82. The van der Waals surface area contributed by atoms with Crippen LogP contribution in [-0.2, 0) is 0 Å². The van der Waals surface area contributed by atoms with Gasteiger partial charge in [-0.1, -0.05) is 30.7 Å². The van der Waals surface area contributed by atoms with Crippen molar-refractivity contribution in [3.05, 3.63) is 53.3 Å². The molecule has 1 atom stereocenters. The first-order valence-corrected chi connectivity index (χ1v) is 8.85. The molecule has 1 N–H and O–H groups in total. The average Bonchev–Trinajstić information content (AvgIpc) is 2.63. The van der Waals surface area contributed by atoms with Crippen LogP contribution in [0.15, 0.2) is 42.6 Å². The molecule has 1 amide bonds. The van der Waals surface area contributed by atoms with Gasteiger partial charge in [-0.2, -0.15) is 0 Å². The van der Waals surface area contributed by atoms with Crippen LogP contribution in [0.3, 0.4) is 0 Å². The van der Waals surface area contributed by atoms with E-state index < -0.39 is 0 Å². The summed E-state index contributed by atoms with van der Waals surface area (Å²) in [5, 5.41) is 3.87. The second-order valence-corrected chi connectivity index (χ2v) is 6.50. The highest BCUT2D eigenvalue weighted by molar-refractivity contribution is 6.33. The van der Waals surface area contributed by atoms with Crippen molar-refractivity contribution in [2.45, 2.75) is 38.6 Å². The summed E-state index contributed by atoms with van der Waals surface area (Å²) in [7, 11) is 0. The van der Waals surface area contributed by atoms with E-state index in [1.807, 2.05) is 35.2 Å². The van der Waals surface area contributed by atoms with Gasteiger partial charge in [0.1, 0.15) is 5.69 Å². The van der Waals surface area contributed by atoms with Crippen LogP contribution in [0, 0.1) is 0 Å². The number of pyridine rings is 1. The number of likely N-dealkylation sites (tertiary alicyclic amines) is 1. The van der Waals surface area contributed by atoms with Gasteiger partial charge in [0.2, 0.25) is 0 Å². The number of carbonyl (C=O) groups excluding carboxylic acids is 1. The Bertz CT molecular complexity index is 702. The second kappa shape index (κ2) is 7.67. The second-order valence-electron chi connectivity index (χ2n) is 6.09. The smallest absolute Gasteiger partial charge is 0.272 e. The highest BCUT2D eigenvalue weighted by Crippen LogP contribution is 2.25. The number of benzene rings is 1. The van der Waals surface area contributed by atoms with Crippen molar-refractivity contribution in [2.24, 2.45) is 0 Å². The maximum atomic E-state index is 12.7. The molecule has 0 bridgehead atoms. The standard InChI is InChI=1S/C19H22ClN3O/c1-2-15-7-5-6-12-23(15)19(24)18-11-10-14(13-21-18)22-17-9-4-3-8-16(17)20/h3-4,8-11,13,15,22H,2,5-7,12H2,1H3. The van der Waals surface area contributed by atoms with Crippen molar-refractivity contribution >= 4 is 28.9 Å². The van der Waals surface area contributed by atoms with Crippen LogP contribution in [-0.4, -0.2) is 28.4 Å². The Kier molecular flexibility index (Phi) is 5.36. The Morgan fingerprint density at radius 3 is 2.83 bits per heavy atom. The molecule has 1 unspecified atom stereocenters. The number of carbonyl (C=O) groups is 1. The summed E-state index contributed by atoms with van der Waals surface area (Å²) in [6.07, 6.45) is 6.05. The first kappa shape index (κ1) is 16.8. The van der Waals surface area contributed by atoms with Gasteiger partial charge >= 0.3 is 0 Å². The monoisotopic (exact) mass is 343 g/mol. The topological polar surface area (TPSA) is 45.2 Å². The lowest BCUT2D eigenvalue weighted by atomic mass is 9.99. The molecule has 2 aromatic rings. The van der Waals surface area contributed by atoms with Crippen molar-refractivity contribution in [2.75, 3.05) is 11.9 Å². The minimum atomic E-state index is 0.0332. The zero-order chi connectivity index (χ0) is 16.9. The molecule has 0 radical (unpaired) electrons. The minimum absolute atomic E-state index is 0.0332. The van der Waals surface area contributed by atoms with Gasteiger partial charge in [-0.25, -0.2) is 4.98 Å². The van der Waals surface area contributed by atoms with Gasteiger partial charge in [0, 0.05) is 12.6 Å². The molecule has 2 heterocycles. The number of nitrogens with zero attached hydrogens (tertiary/aromatic N) is 2. The first-order valence-electron chi connectivity index (χ1n) is 8.47. The van der Waals surface area contributed by atoms with Crippen LogP contribution in [0.2, 0.25) is 5.02 Å². The summed E-state index contributed by atoms with van der Waals surface area (Å²) >= 11 is 6.15. The highest BCUT2D eigenvalue weighted by Gasteiger charge is 2.26. The van der Waals surface area contributed by atoms with Crippen molar-refractivity contribution < 1.29 is 4.79 Å². The largest absolute Gasteiger partial charge is 0.353 e. The van der Waals surface area contributed by atoms with Crippen molar-refractivity contribution in [3.8, 4) is 0 Å². The summed E-state index contributed by atoms with van der Waals surface area (Å²) in [5.74, 6) is 0.0332. The summed E-state index contributed by atoms with van der Waals surface area (Å²) in [5.41, 5.74) is 2.13. The van der Waals surface area contributed by atoms with E-state index in [0.717, 1.165) is 37.2 Å². The van der Waals surface area contributed by atoms with Crippen molar-refractivity contribution in [1.29, 1.82) is 0 Å². The Labute approximate surface area is 147 Å². The molecule has 0 spiro atoms. The lowest BCUT2D eigenvalue weighted by Crippen LogP contribution is -2.43. The lowest BCUT2D eigenvalue weighted by Gasteiger charge is -2.35. The number of hydrogen-bond donors (Lipinski definition) is 1. The van der Waals surface area contributed by atoms with Gasteiger partial charge in [0.25, 0.3) is 5.91 Å². The Balaban J connectivity index is 1.72. The predicted molar refractivity (Wildman–Crippen MR) is 97.9 cm³/mol. The molecule has 0 aliphatic carbocycles. The fourth-order valence-electron chi connectivity index (χ4n) is 3.15. The summed E-state index contributed by atoms with van der Waals surface area (Å²) in [4.78, 5) is 19.0. The van der Waals surface area contributed by atoms with Gasteiger partial charge in [0.15, 0.2) is 0 Å². The molecular weight excluding hydrogens is 322 g/mol. The van der Waals surface area contributed by atoms with Crippen molar-refractivity contribution in [1.82, 2.24) is 9.88 Å². The van der Waals surface area contributed by atoms with E-state index in [2.05, 4.69) is 17.2 Å². The average molecular weight is 344 g/mol.